The van der Waals surface area contributed by atoms with Crippen LogP contribution in [-0.2, 0) is 18.4 Å². The van der Waals surface area contributed by atoms with Crippen LogP contribution < -0.4 is 5.32 Å². The third-order valence-corrected chi connectivity index (χ3v) is 5.61. The van der Waals surface area contributed by atoms with Crippen LogP contribution >= 0.6 is 11.8 Å². The summed E-state index contributed by atoms with van der Waals surface area (Å²) in [6.45, 7) is 3.97. The molecule has 1 aromatic carbocycles. The average Bonchev–Trinajstić information content (AvgIpc) is 3.04. The molecule has 1 atom stereocenters. The summed E-state index contributed by atoms with van der Waals surface area (Å²) < 4.78 is 1.93. The van der Waals surface area contributed by atoms with Crippen molar-refractivity contribution >= 4 is 17.7 Å². The summed E-state index contributed by atoms with van der Waals surface area (Å²) >= 11 is 1.48. The highest BCUT2D eigenvalue weighted by molar-refractivity contribution is 7.99. The minimum Gasteiger partial charge on any atom is -0.355 e. The van der Waals surface area contributed by atoms with Crippen LogP contribution in [0.3, 0.4) is 0 Å². The molecule has 1 N–H and O–H groups in total. The van der Waals surface area contributed by atoms with Gasteiger partial charge in [0.1, 0.15) is 0 Å². The van der Waals surface area contributed by atoms with Crippen LogP contribution in [0.5, 0.6) is 0 Å². The van der Waals surface area contributed by atoms with Crippen LogP contribution in [0.1, 0.15) is 18.4 Å². The maximum Gasteiger partial charge on any atom is 0.230 e. The first-order chi connectivity index (χ1) is 12.2. The second-order valence-electron chi connectivity index (χ2n) is 6.64. The summed E-state index contributed by atoms with van der Waals surface area (Å²) in [6.07, 6.45) is 6.04. The summed E-state index contributed by atoms with van der Waals surface area (Å²) in [7, 11) is 1.94. The number of amides is 1. The van der Waals surface area contributed by atoms with Crippen molar-refractivity contribution in [1.82, 2.24) is 19.8 Å². The predicted molar refractivity (Wildman–Crippen MR) is 101 cm³/mol. The molecule has 1 fully saturated rings. The number of hydrogen-bond donors (Lipinski definition) is 1. The van der Waals surface area contributed by atoms with Gasteiger partial charge in [-0.15, -0.1) is 0 Å². The van der Waals surface area contributed by atoms with Crippen LogP contribution in [0.4, 0.5) is 0 Å². The number of imidazole rings is 1. The molecular formula is C19H26N4OS. The zero-order chi connectivity index (χ0) is 17.5. The van der Waals surface area contributed by atoms with E-state index in [9.17, 15) is 4.79 Å². The molecule has 2 aromatic rings. The minimum absolute atomic E-state index is 0.0909. The number of nitrogens with one attached hydrogen (secondary N) is 1. The number of nitrogens with zero attached hydrogens (tertiary/aromatic N) is 3. The first kappa shape index (κ1) is 18.0. The Hall–Kier alpha value is -1.79. The molecule has 3 rings (SSSR count). The molecule has 0 aliphatic carbocycles. The third kappa shape index (κ3) is 5.61. The van der Waals surface area contributed by atoms with Crippen LogP contribution in [0.2, 0.25) is 0 Å². The molecule has 6 heteroatoms. The highest BCUT2D eigenvalue weighted by atomic mass is 32.2. The molecule has 0 bridgehead atoms. The van der Waals surface area contributed by atoms with Gasteiger partial charge in [-0.05, 0) is 30.9 Å². The molecule has 0 radical (unpaired) electrons. The largest absolute Gasteiger partial charge is 0.355 e. The summed E-state index contributed by atoms with van der Waals surface area (Å²) in [6, 6.07) is 10.6. The number of aromatic nitrogens is 2. The fraction of sp³-hybridized carbons (Fsp3) is 0.474. The molecule has 5 nitrogen and oxygen atoms in total. The van der Waals surface area contributed by atoms with Gasteiger partial charge >= 0.3 is 0 Å². The molecule has 0 saturated carbocycles. The van der Waals surface area contributed by atoms with Crippen molar-refractivity contribution in [2.45, 2.75) is 24.5 Å². The lowest BCUT2D eigenvalue weighted by molar-refractivity contribution is -0.118. The number of piperidine rings is 1. The number of hydrogen-bond acceptors (Lipinski definition) is 4. The van der Waals surface area contributed by atoms with E-state index in [1.807, 2.05) is 17.8 Å². The molecule has 25 heavy (non-hydrogen) atoms. The van der Waals surface area contributed by atoms with E-state index in [-0.39, 0.29) is 5.91 Å². The van der Waals surface area contributed by atoms with Crippen LogP contribution in [-0.4, -0.2) is 45.7 Å². The Morgan fingerprint density at radius 3 is 2.96 bits per heavy atom. The van der Waals surface area contributed by atoms with Crippen LogP contribution in [0, 0.1) is 5.92 Å². The maximum absolute atomic E-state index is 12.1. The van der Waals surface area contributed by atoms with Gasteiger partial charge in [-0.1, -0.05) is 42.1 Å². The van der Waals surface area contributed by atoms with Crippen molar-refractivity contribution in [3.8, 4) is 0 Å². The fourth-order valence-corrected chi connectivity index (χ4v) is 4.00. The summed E-state index contributed by atoms with van der Waals surface area (Å²) in [4.78, 5) is 18.8. The molecule has 1 aromatic heterocycles. The minimum atomic E-state index is 0.0909. The van der Waals surface area contributed by atoms with Gasteiger partial charge in [-0.3, -0.25) is 9.69 Å². The molecule has 0 spiro atoms. The number of benzene rings is 1. The lowest BCUT2D eigenvalue weighted by Crippen LogP contribution is -2.40. The lowest BCUT2D eigenvalue weighted by Gasteiger charge is -2.32. The van der Waals surface area contributed by atoms with Crippen LogP contribution in [0.25, 0.3) is 0 Å². The lowest BCUT2D eigenvalue weighted by atomic mass is 9.97. The topological polar surface area (TPSA) is 50.2 Å². The van der Waals surface area contributed by atoms with E-state index in [4.69, 9.17) is 0 Å². The van der Waals surface area contributed by atoms with Crippen molar-refractivity contribution in [3.63, 3.8) is 0 Å². The van der Waals surface area contributed by atoms with Crippen molar-refractivity contribution < 1.29 is 4.79 Å². The molecule has 1 saturated heterocycles. The van der Waals surface area contributed by atoms with Crippen LogP contribution in [0.15, 0.2) is 47.9 Å². The van der Waals surface area contributed by atoms with Crippen molar-refractivity contribution in [2.24, 2.45) is 13.0 Å². The number of thioether (sulfide) groups is 1. The Kier molecular flexibility index (Phi) is 6.53. The molecular weight excluding hydrogens is 332 g/mol. The van der Waals surface area contributed by atoms with Gasteiger partial charge < -0.3 is 9.88 Å². The van der Waals surface area contributed by atoms with Gasteiger partial charge in [-0.2, -0.15) is 0 Å². The maximum atomic E-state index is 12.1. The zero-order valence-corrected chi connectivity index (χ0v) is 15.5. The average molecular weight is 359 g/mol. The Morgan fingerprint density at radius 1 is 1.36 bits per heavy atom. The van der Waals surface area contributed by atoms with Gasteiger partial charge in [0.2, 0.25) is 5.91 Å². The number of aryl methyl sites for hydroxylation is 1. The Morgan fingerprint density at radius 2 is 2.20 bits per heavy atom. The predicted octanol–water partition coefficient (Wildman–Crippen LogP) is 2.54. The van der Waals surface area contributed by atoms with Crippen molar-refractivity contribution in [3.05, 3.63) is 48.3 Å². The quantitative estimate of drug-likeness (QED) is 0.773. The number of rotatable bonds is 7. The Bertz CT molecular complexity index is 673. The molecule has 134 valence electrons. The van der Waals surface area contributed by atoms with E-state index in [2.05, 4.69) is 45.5 Å². The van der Waals surface area contributed by atoms with Crippen molar-refractivity contribution in [2.75, 3.05) is 25.4 Å². The Balaban J connectivity index is 1.39. The summed E-state index contributed by atoms with van der Waals surface area (Å²) in [5.74, 6) is 1.05. The first-order valence-corrected chi connectivity index (χ1v) is 9.82. The van der Waals surface area contributed by atoms with E-state index < -0.39 is 0 Å². The third-order valence-electron chi connectivity index (χ3n) is 4.55. The molecule has 1 amide bonds. The number of carbonyl (C=O) groups excluding carboxylic acids is 1. The molecule has 1 aliphatic rings. The molecule has 0 unspecified atom stereocenters. The van der Waals surface area contributed by atoms with Crippen molar-refractivity contribution in [1.29, 1.82) is 0 Å². The first-order valence-electron chi connectivity index (χ1n) is 8.84. The summed E-state index contributed by atoms with van der Waals surface area (Å²) in [5, 5.41) is 3.97. The van der Waals surface area contributed by atoms with Gasteiger partial charge in [0.05, 0.1) is 5.75 Å². The highest BCUT2D eigenvalue weighted by Gasteiger charge is 2.20. The van der Waals surface area contributed by atoms with E-state index >= 15 is 0 Å². The van der Waals surface area contributed by atoms with E-state index in [0.717, 1.165) is 31.3 Å². The van der Waals surface area contributed by atoms with E-state index in [1.165, 1.54) is 30.2 Å². The second kappa shape index (κ2) is 9.06. The normalized spacial score (nSPS) is 18.2. The van der Waals surface area contributed by atoms with Gasteiger partial charge in [0, 0.05) is 39.1 Å². The van der Waals surface area contributed by atoms with Gasteiger partial charge in [0.25, 0.3) is 0 Å². The summed E-state index contributed by atoms with van der Waals surface area (Å²) in [5.41, 5.74) is 1.36. The highest BCUT2D eigenvalue weighted by Crippen LogP contribution is 2.18. The number of carbonyl (C=O) groups is 1. The second-order valence-corrected chi connectivity index (χ2v) is 7.58. The standard InChI is InChI=1S/C19H26N4OS/c1-22-11-9-20-19(22)25-15-18(24)21-12-17-8-5-10-23(14-17)13-16-6-3-2-4-7-16/h2-4,6-7,9,11,17H,5,8,10,12-15H2,1H3,(H,21,24)/t17-/m0/s1. The monoisotopic (exact) mass is 358 g/mol. The van der Waals surface area contributed by atoms with Gasteiger partial charge in [-0.25, -0.2) is 4.98 Å². The smallest absolute Gasteiger partial charge is 0.230 e. The SMILES string of the molecule is Cn1ccnc1SCC(=O)NC[C@@H]1CCCN(Cc2ccccc2)C1. The number of likely N-dealkylation sites (tertiary alicyclic amines) is 1. The van der Waals surface area contributed by atoms with E-state index in [1.54, 1.807) is 6.20 Å². The fourth-order valence-electron chi connectivity index (χ4n) is 3.23. The van der Waals surface area contributed by atoms with Gasteiger partial charge in [0.15, 0.2) is 5.16 Å². The molecule has 1 aliphatic heterocycles. The molecule has 2 heterocycles. The van der Waals surface area contributed by atoms with E-state index in [0.29, 0.717) is 11.7 Å². The Labute approximate surface area is 153 Å². The zero-order valence-electron chi connectivity index (χ0n) is 14.7.